The van der Waals surface area contributed by atoms with E-state index in [1.807, 2.05) is 49.4 Å². The Morgan fingerprint density at radius 2 is 1.69 bits per heavy atom. The molecule has 1 saturated heterocycles. The van der Waals surface area contributed by atoms with Gasteiger partial charge in [-0.15, -0.1) is 11.3 Å². The van der Waals surface area contributed by atoms with E-state index >= 15 is 0 Å². The van der Waals surface area contributed by atoms with Crippen molar-refractivity contribution in [2.75, 3.05) is 52.2 Å². The molecular formula is C35H43N3O3S. The van der Waals surface area contributed by atoms with Gasteiger partial charge in [0.05, 0.1) is 0 Å². The molecule has 0 saturated carbocycles. The lowest BCUT2D eigenvalue weighted by Crippen LogP contribution is -2.29. The molecule has 1 aliphatic heterocycles. The maximum Gasteiger partial charge on any atom is 0.228 e. The second kappa shape index (κ2) is 15.6. The van der Waals surface area contributed by atoms with Gasteiger partial charge in [0.2, 0.25) is 5.91 Å². The zero-order valence-corrected chi connectivity index (χ0v) is 26.1. The van der Waals surface area contributed by atoms with E-state index in [1.165, 1.54) is 64.5 Å². The predicted octanol–water partition coefficient (Wildman–Crippen LogP) is 6.98. The van der Waals surface area contributed by atoms with Crippen molar-refractivity contribution < 1.29 is 14.3 Å². The zero-order chi connectivity index (χ0) is 29.9. The minimum Gasteiger partial charge on any atom is -0.492 e. The molecule has 222 valence electrons. The maximum atomic E-state index is 12.6. The largest absolute Gasteiger partial charge is 0.492 e. The van der Waals surface area contributed by atoms with E-state index in [1.54, 1.807) is 0 Å². The number of rotatable bonds is 11. The van der Waals surface area contributed by atoms with Crippen LogP contribution in [-0.2, 0) is 16.0 Å². The van der Waals surface area contributed by atoms with Gasteiger partial charge in [0.1, 0.15) is 18.6 Å². The molecule has 1 aliphatic rings. The molecular weight excluding hydrogens is 542 g/mol. The molecule has 3 aromatic carbocycles. The van der Waals surface area contributed by atoms with Gasteiger partial charge in [0.25, 0.3) is 0 Å². The van der Waals surface area contributed by atoms with Crippen LogP contribution in [0, 0.1) is 5.92 Å². The van der Waals surface area contributed by atoms with Crippen molar-refractivity contribution in [1.29, 1.82) is 0 Å². The molecule has 42 heavy (non-hydrogen) atoms. The number of amides is 1. The topological polar surface area (TPSA) is 61.9 Å². The summed E-state index contributed by atoms with van der Waals surface area (Å²) in [7, 11) is 3.97. The van der Waals surface area contributed by atoms with Crippen LogP contribution in [0.5, 0.6) is 5.75 Å². The number of fused-ring (bicyclic) bond motifs is 1. The van der Waals surface area contributed by atoms with Crippen LogP contribution in [0.4, 0.5) is 5.69 Å². The van der Waals surface area contributed by atoms with Gasteiger partial charge in [0, 0.05) is 34.3 Å². The highest BCUT2D eigenvalue weighted by Crippen LogP contribution is 2.40. The highest BCUT2D eigenvalue weighted by Gasteiger charge is 2.17. The van der Waals surface area contributed by atoms with Crippen LogP contribution >= 0.6 is 11.3 Å². The van der Waals surface area contributed by atoms with Gasteiger partial charge in [-0.2, -0.15) is 0 Å². The normalized spacial score (nSPS) is 13.9. The third-order valence-electron chi connectivity index (χ3n) is 7.38. The monoisotopic (exact) mass is 585 g/mol. The second-order valence-electron chi connectivity index (χ2n) is 11.1. The van der Waals surface area contributed by atoms with E-state index in [0.29, 0.717) is 0 Å². The summed E-state index contributed by atoms with van der Waals surface area (Å²) < 4.78 is 7.31. The summed E-state index contributed by atoms with van der Waals surface area (Å²) in [6.07, 6.45) is 4.23. The van der Waals surface area contributed by atoms with Crippen LogP contribution in [0.1, 0.15) is 37.8 Å². The molecule has 0 radical (unpaired) electrons. The molecule has 1 amide bonds. The Labute approximate surface area is 254 Å². The number of thiophene rings is 1. The van der Waals surface area contributed by atoms with Gasteiger partial charge in [0.15, 0.2) is 0 Å². The highest BCUT2D eigenvalue weighted by atomic mass is 32.1. The molecule has 5 rings (SSSR count). The highest BCUT2D eigenvalue weighted by molar-refractivity contribution is 7.22. The van der Waals surface area contributed by atoms with E-state index in [9.17, 15) is 4.79 Å². The fourth-order valence-corrected chi connectivity index (χ4v) is 6.54. The molecule has 0 spiro atoms. The standard InChI is InChI=1S/C33H39N3O2S.C2H4O/c1-24(23-35(2)3)33(37)34-27-14-12-26(13-15-27)32-30(29-8-4-5-9-31(29)39-32)22-25-10-16-28(17-11-25)38-21-20-36-18-6-7-19-36;1-2-3/h4-5,8-17,24H,6-7,18-23H2,1-3H3,(H,34,37);2H,1H3. The average Bonchev–Trinajstić information content (AvgIpc) is 3.63. The molecule has 4 aromatic rings. The molecule has 0 aliphatic carbocycles. The molecule has 1 unspecified atom stereocenters. The summed E-state index contributed by atoms with van der Waals surface area (Å²) in [6.45, 7) is 8.27. The fraction of sp³-hybridized carbons (Fsp3) is 0.371. The van der Waals surface area contributed by atoms with Crippen LogP contribution < -0.4 is 10.1 Å². The van der Waals surface area contributed by atoms with Crippen molar-refractivity contribution in [3.8, 4) is 16.2 Å². The second-order valence-corrected chi connectivity index (χ2v) is 12.1. The fourth-order valence-electron chi connectivity index (χ4n) is 5.31. The first-order valence-electron chi connectivity index (χ1n) is 14.8. The number of hydrogen-bond donors (Lipinski definition) is 1. The minimum atomic E-state index is -0.0734. The first kappa shape index (κ1) is 31.4. The third kappa shape index (κ3) is 8.74. The van der Waals surface area contributed by atoms with Crippen LogP contribution in [0.3, 0.4) is 0 Å². The van der Waals surface area contributed by atoms with Crippen molar-refractivity contribution >= 4 is 39.3 Å². The van der Waals surface area contributed by atoms with Gasteiger partial charge in [-0.05, 0) is 106 Å². The average molecular weight is 586 g/mol. The Bertz CT molecular complexity index is 1420. The van der Waals surface area contributed by atoms with Gasteiger partial charge in [-0.1, -0.05) is 49.4 Å². The Morgan fingerprint density at radius 3 is 2.36 bits per heavy atom. The minimum absolute atomic E-state index is 0.0440. The van der Waals surface area contributed by atoms with Crippen molar-refractivity contribution in [1.82, 2.24) is 9.80 Å². The van der Waals surface area contributed by atoms with Gasteiger partial charge in [-0.25, -0.2) is 0 Å². The summed E-state index contributed by atoms with van der Waals surface area (Å²) in [6, 6.07) is 25.5. The summed E-state index contributed by atoms with van der Waals surface area (Å²) in [5.41, 5.74) is 4.62. The van der Waals surface area contributed by atoms with Crippen LogP contribution in [-0.4, -0.2) is 68.9 Å². The van der Waals surface area contributed by atoms with Crippen LogP contribution in [0.2, 0.25) is 0 Å². The first-order valence-corrected chi connectivity index (χ1v) is 15.6. The van der Waals surface area contributed by atoms with Gasteiger partial charge >= 0.3 is 0 Å². The van der Waals surface area contributed by atoms with Gasteiger partial charge in [-0.3, -0.25) is 9.69 Å². The van der Waals surface area contributed by atoms with Crippen molar-refractivity contribution in [2.24, 2.45) is 5.92 Å². The lowest BCUT2D eigenvalue weighted by molar-refractivity contribution is -0.119. The van der Waals surface area contributed by atoms with E-state index in [2.05, 4.69) is 70.9 Å². The number of carbonyl (C=O) groups excluding carboxylic acids is 2. The number of nitrogens with zero attached hydrogens (tertiary/aromatic N) is 2. The number of hydrogen-bond acceptors (Lipinski definition) is 6. The lowest BCUT2D eigenvalue weighted by Gasteiger charge is -2.16. The number of anilines is 1. The first-order chi connectivity index (χ1) is 20.4. The summed E-state index contributed by atoms with van der Waals surface area (Å²) in [5.74, 6) is 0.907. The summed E-state index contributed by atoms with van der Waals surface area (Å²) in [4.78, 5) is 27.2. The summed E-state index contributed by atoms with van der Waals surface area (Å²) >= 11 is 1.83. The zero-order valence-electron chi connectivity index (χ0n) is 25.3. The Hall–Kier alpha value is -3.52. The molecule has 0 bridgehead atoms. The third-order valence-corrected chi connectivity index (χ3v) is 8.64. The lowest BCUT2D eigenvalue weighted by atomic mass is 9.99. The van der Waals surface area contributed by atoms with Crippen molar-refractivity contribution in [3.63, 3.8) is 0 Å². The number of ether oxygens (including phenoxy) is 1. The van der Waals surface area contributed by atoms with E-state index in [-0.39, 0.29) is 11.8 Å². The number of nitrogens with one attached hydrogen (secondary N) is 1. The molecule has 1 N–H and O–H groups in total. The molecule has 1 fully saturated rings. The van der Waals surface area contributed by atoms with E-state index in [0.717, 1.165) is 43.8 Å². The van der Waals surface area contributed by atoms with E-state index < -0.39 is 0 Å². The van der Waals surface area contributed by atoms with Gasteiger partial charge < -0.3 is 19.7 Å². The Kier molecular flexibility index (Phi) is 11.7. The molecule has 2 heterocycles. The molecule has 7 heteroatoms. The number of likely N-dealkylation sites (tertiary alicyclic amines) is 1. The number of aldehydes is 1. The van der Waals surface area contributed by atoms with Crippen molar-refractivity contribution in [3.05, 3.63) is 83.9 Å². The summed E-state index contributed by atoms with van der Waals surface area (Å²) in [5, 5.41) is 4.37. The smallest absolute Gasteiger partial charge is 0.228 e. The Morgan fingerprint density at radius 1 is 1.02 bits per heavy atom. The van der Waals surface area contributed by atoms with E-state index in [4.69, 9.17) is 9.53 Å². The van der Waals surface area contributed by atoms with Crippen LogP contribution in [0.15, 0.2) is 72.8 Å². The number of benzene rings is 3. The predicted molar refractivity (Wildman–Crippen MR) is 176 cm³/mol. The molecule has 1 atom stereocenters. The maximum absolute atomic E-state index is 12.6. The molecule has 6 nitrogen and oxygen atoms in total. The quantitative estimate of drug-likeness (QED) is 0.193. The SMILES string of the molecule is CC(CN(C)C)C(=O)Nc1ccc(-c2sc3ccccc3c2Cc2ccc(OCCN3CCCC3)cc2)cc1.CC=O. The van der Waals surface area contributed by atoms with Crippen molar-refractivity contribution in [2.45, 2.75) is 33.1 Å². The number of carbonyl (C=O) groups is 2. The van der Waals surface area contributed by atoms with Crippen LogP contribution in [0.25, 0.3) is 20.5 Å². The Balaban J connectivity index is 0.00000129. The molecule has 1 aromatic heterocycles.